The normalized spacial score (nSPS) is 15.8. The Balaban J connectivity index is 1.93. The second-order valence-electron chi connectivity index (χ2n) is 5.00. The molecule has 1 aliphatic rings. The van der Waals surface area contributed by atoms with Gasteiger partial charge in [-0.1, -0.05) is 49.3 Å². The summed E-state index contributed by atoms with van der Waals surface area (Å²) in [5.41, 5.74) is 2.17. The zero-order valence-electron chi connectivity index (χ0n) is 11.4. The molecule has 0 bridgehead atoms. The van der Waals surface area contributed by atoms with Gasteiger partial charge in [0.05, 0.1) is 19.3 Å². The van der Waals surface area contributed by atoms with E-state index in [2.05, 4.69) is 17.9 Å². The van der Waals surface area contributed by atoms with Crippen LogP contribution in [0, 0.1) is 11.8 Å². The molecule has 0 aromatic heterocycles. The fraction of sp³-hybridized carbons (Fsp3) is 0.529. The summed E-state index contributed by atoms with van der Waals surface area (Å²) in [5, 5.41) is 8.76. The Morgan fingerprint density at radius 2 is 1.95 bits per heavy atom. The average molecular weight is 258 g/mol. The molecule has 19 heavy (non-hydrogen) atoms. The number of hydrogen-bond acceptors (Lipinski definition) is 2. The van der Waals surface area contributed by atoms with Gasteiger partial charge in [-0.05, 0) is 24.5 Å². The highest BCUT2D eigenvalue weighted by atomic mass is 16.5. The molecule has 0 heterocycles. The Morgan fingerprint density at radius 3 is 2.74 bits per heavy atom. The maximum absolute atomic E-state index is 8.76. The summed E-state index contributed by atoms with van der Waals surface area (Å²) >= 11 is 0. The van der Waals surface area contributed by atoms with Crippen molar-refractivity contribution >= 4 is 0 Å². The van der Waals surface area contributed by atoms with Crippen molar-refractivity contribution in [3.8, 4) is 11.8 Å². The van der Waals surface area contributed by atoms with E-state index in [1.807, 2.05) is 18.2 Å². The first-order chi connectivity index (χ1) is 9.40. The Morgan fingerprint density at radius 1 is 1.16 bits per heavy atom. The SMILES string of the molecule is OCCC#Cc1ccccc1COC1CCCCC1. The van der Waals surface area contributed by atoms with E-state index in [1.54, 1.807) is 0 Å². The fourth-order valence-electron chi connectivity index (χ4n) is 2.42. The Bertz CT molecular complexity index is 436. The van der Waals surface area contributed by atoms with Crippen LogP contribution in [0.4, 0.5) is 0 Å². The van der Waals surface area contributed by atoms with Gasteiger partial charge in [0.15, 0.2) is 0 Å². The minimum Gasteiger partial charge on any atom is -0.395 e. The topological polar surface area (TPSA) is 29.5 Å². The fourth-order valence-corrected chi connectivity index (χ4v) is 2.42. The van der Waals surface area contributed by atoms with E-state index in [4.69, 9.17) is 9.84 Å². The molecule has 0 aliphatic heterocycles. The predicted octanol–water partition coefficient (Wildman–Crippen LogP) is 3.27. The third-order valence-electron chi connectivity index (χ3n) is 3.50. The van der Waals surface area contributed by atoms with Crippen LogP contribution in [0.25, 0.3) is 0 Å². The molecule has 1 aliphatic carbocycles. The first-order valence-corrected chi connectivity index (χ1v) is 7.19. The predicted molar refractivity (Wildman–Crippen MR) is 76.7 cm³/mol. The summed E-state index contributed by atoms with van der Waals surface area (Å²) in [6.07, 6.45) is 7.27. The average Bonchev–Trinajstić information content (AvgIpc) is 2.48. The van der Waals surface area contributed by atoms with Crippen molar-refractivity contribution < 1.29 is 9.84 Å². The van der Waals surface area contributed by atoms with E-state index in [0.717, 1.165) is 11.1 Å². The van der Waals surface area contributed by atoms with Crippen molar-refractivity contribution in [2.45, 2.75) is 51.2 Å². The van der Waals surface area contributed by atoms with Gasteiger partial charge < -0.3 is 9.84 Å². The molecule has 1 aromatic rings. The summed E-state index contributed by atoms with van der Waals surface area (Å²) in [4.78, 5) is 0. The summed E-state index contributed by atoms with van der Waals surface area (Å²) in [6.45, 7) is 0.766. The van der Waals surface area contributed by atoms with Gasteiger partial charge in [0, 0.05) is 12.0 Å². The van der Waals surface area contributed by atoms with Gasteiger partial charge in [0.2, 0.25) is 0 Å². The number of benzene rings is 1. The number of hydrogen-bond donors (Lipinski definition) is 1. The summed E-state index contributed by atoms with van der Waals surface area (Å²) in [7, 11) is 0. The zero-order valence-corrected chi connectivity index (χ0v) is 11.4. The van der Waals surface area contributed by atoms with Gasteiger partial charge in [-0.2, -0.15) is 0 Å². The van der Waals surface area contributed by atoms with E-state index in [1.165, 1.54) is 32.1 Å². The van der Waals surface area contributed by atoms with Crippen LogP contribution in [0.2, 0.25) is 0 Å². The molecule has 0 spiro atoms. The van der Waals surface area contributed by atoms with Crippen molar-refractivity contribution in [1.82, 2.24) is 0 Å². The van der Waals surface area contributed by atoms with Crippen molar-refractivity contribution in [3.05, 3.63) is 35.4 Å². The van der Waals surface area contributed by atoms with Crippen LogP contribution in [-0.2, 0) is 11.3 Å². The lowest BCUT2D eigenvalue weighted by Crippen LogP contribution is -2.16. The molecule has 1 saturated carbocycles. The quantitative estimate of drug-likeness (QED) is 0.840. The van der Waals surface area contributed by atoms with E-state index in [0.29, 0.717) is 19.1 Å². The molecular formula is C17H22O2. The Labute approximate surface area is 115 Å². The first-order valence-electron chi connectivity index (χ1n) is 7.19. The Kier molecular flexibility index (Phi) is 5.94. The van der Waals surface area contributed by atoms with E-state index in [-0.39, 0.29) is 6.61 Å². The van der Waals surface area contributed by atoms with Gasteiger partial charge >= 0.3 is 0 Å². The lowest BCUT2D eigenvalue weighted by molar-refractivity contribution is 0.0168. The highest BCUT2D eigenvalue weighted by Gasteiger charge is 2.14. The van der Waals surface area contributed by atoms with Gasteiger partial charge in [0.1, 0.15) is 0 Å². The largest absolute Gasteiger partial charge is 0.395 e. The van der Waals surface area contributed by atoms with Gasteiger partial charge in [0.25, 0.3) is 0 Å². The van der Waals surface area contributed by atoms with Crippen LogP contribution in [0.15, 0.2) is 24.3 Å². The standard InChI is InChI=1S/C17H22O2/c18-13-7-6-9-15-8-4-5-10-16(15)14-19-17-11-2-1-3-12-17/h4-5,8,10,17-18H,1-3,7,11-14H2. The van der Waals surface area contributed by atoms with Crippen molar-refractivity contribution in [2.24, 2.45) is 0 Å². The number of ether oxygens (including phenoxy) is 1. The number of rotatable bonds is 4. The summed E-state index contributed by atoms with van der Waals surface area (Å²) in [6, 6.07) is 8.11. The molecular weight excluding hydrogens is 236 g/mol. The van der Waals surface area contributed by atoms with Crippen LogP contribution in [0.1, 0.15) is 49.7 Å². The molecule has 1 fully saturated rings. The summed E-state index contributed by atoms with van der Waals surface area (Å²) < 4.78 is 6.00. The van der Waals surface area contributed by atoms with Crippen LogP contribution >= 0.6 is 0 Å². The third-order valence-corrected chi connectivity index (χ3v) is 3.50. The lowest BCUT2D eigenvalue weighted by atomic mass is 9.98. The highest BCUT2D eigenvalue weighted by Crippen LogP contribution is 2.22. The summed E-state index contributed by atoms with van der Waals surface area (Å²) in [5.74, 6) is 6.09. The molecule has 0 radical (unpaired) electrons. The second-order valence-corrected chi connectivity index (χ2v) is 5.00. The molecule has 0 saturated heterocycles. The molecule has 1 N–H and O–H groups in total. The Hall–Kier alpha value is -1.30. The first kappa shape index (κ1) is 14.1. The van der Waals surface area contributed by atoms with Crippen molar-refractivity contribution in [1.29, 1.82) is 0 Å². The van der Waals surface area contributed by atoms with Crippen molar-refractivity contribution in [2.75, 3.05) is 6.61 Å². The number of aliphatic hydroxyl groups excluding tert-OH is 1. The highest BCUT2D eigenvalue weighted by molar-refractivity contribution is 5.40. The van der Waals surface area contributed by atoms with E-state index >= 15 is 0 Å². The lowest BCUT2D eigenvalue weighted by Gasteiger charge is -2.22. The van der Waals surface area contributed by atoms with Crippen LogP contribution in [0.5, 0.6) is 0 Å². The van der Waals surface area contributed by atoms with Crippen LogP contribution in [-0.4, -0.2) is 17.8 Å². The monoisotopic (exact) mass is 258 g/mol. The molecule has 0 amide bonds. The molecule has 0 unspecified atom stereocenters. The van der Waals surface area contributed by atoms with E-state index < -0.39 is 0 Å². The maximum atomic E-state index is 8.76. The molecule has 2 nitrogen and oxygen atoms in total. The van der Waals surface area contributed by atoms with Gasteiger partial charge in [-0.25, -0.2) is 0 Å². The van der Waals surface area contributed by atoms with Gasteiger partial charge in [-0.15, -0.1) is 0 Å². The molecule has 2 heteroatoms. The third kappa shape index (κ3) is 4.70. The van der Waals surface area contributed by atoms with Gasteiger partial charge in [-0.3, -0.25) is 0 Å². The molecule has 1 aromatic carbocycles. The minimum absolute atomic E-state index is 0.119. The maximum Gasteiger partial charge on any atom is 0.0732 e. The smallest absolute Gasteiger partial charge is 0.0732 e. The number of aliphatic hydroxyl groups is 1. The second kappa shape index (κ2) is 7.99. The molecule has 0 atom stereocenters. The van der Waals surface area contributed by atoms with Crippen molar-refractivity contribution in [3.63, 3.8) is 0 Å². The molecule has 2 rings (SSSR count). The van der Waals surface area contributed by atoms with E-state index in [9.17, 15) is 0 Å². The zero-order chi connectivity index (χ0) is 13.3. The minimum atomic E-state index is 0.119. The van der Waals surface area contributed by atoms with Crippen LogP contribution in [0.3, 0.4) is 0 Å². The van der Waals surface area contributed by atoms with Crippen LogP contribution < -0.4 is 0 Å². The molecule has 102 valence electrons.